The van der Waals surface area contributed by atoms with Crippen molar-refractivity contribution in [1.82, 2.24) is 18.8 Å². The van der Waals surface area contributed by atoms with Gasteiger partial charge in [-0.1, -0.05) is 26.7 Å². The minimum Gasteiger partial charge on any atom is -0.379 e. The second-order valence-electron chi connectivity index (χ2n) is 8.53. The summed E-state index contributed by atoms with van der Waals surface area (Å²) in [6.45, 7) is 10.2. The van der Waals surface area contributed by atoms with Gasteiger partial charge in [0.1, 0.15) is 5.82 Å². The number of sulfonamides is 1. The third-order valence-electron chi connectivity index (χ3n) is 6.22. The summed E-state index contributed by atoms with van der Waals surface area (Å²) in [5.41, 5.74) is 1.59. The van der Waals surface area contributed by atoms with Crippen LogP contribution in [0.2, 0.25) is 0 Å². The van der Waals surface area contributed by atoms with Crippen LogP contribution in [0.15, 0.2) is 23.1 Å². The number of benzene rings is 1. The fourth-order valence-electron chi connectivity index (χ4n) is 4.20. The molecule has 0 saturated carbocycles. The number of carbonyl (C=O) groups excluding carboxylic acids is 1. The maximum atomic E-state index is 13.1. The van der Waals surface area contributed by atoms with Gasteiger partial charge in [-0.3, -0.25) is 4.79 Å². The molecule has 184 valence electrons. The molecule has 0 atom stereocenters. The molecule has 1 aromatic heterocycles. The number of hydrogen-bond acceptors (Lipinski definition) is 5. The van der Waals surface area contributed by atoms with Gasteiger partial charge in [-0.2, -0.15) is 4.31 Å². The number of morpholine rings is 1. The first-order valence-electron chi connectivity index (χ1n) is 12.3. The largest absolute Gasteiger partial charge is 0.379 e. The average molecular weight is 479 g/mol. The van der Waals surface area contributed by atoms with E-state index in [0.717, 1.165) is 50.1 Å². The van der Waals surface area contributed by atoms with E-state index < -0.39 is 10.0 Å². The van der Waals surface area contributed by atoms with Gasteiger partial charge in [0.25, 0.3) is 0 Å². The highest BCUT2D eigenvalue weighted by molar-refractivity contribution is 7.89. The number of rotatable bonds is 12. The zero-order valence-electron chi connectivity index (χ0n) is 20.3. The fourth-order valence-corrected chi connectivity index (χ4v) is 5.63. The van der Waals surface area contributed by atoms with Gasteiger partial charge in [-0.05, 0) is 38.0 Å². The normalized spacial score (nSPS) is 15.2. The predicted octanol–water partition coefficient (Wildman–Crippen LogP) is 3.44. The number of hydrogen-bond donors (Lipinski definition) is 0. The summed E-state index contributed by atoms with van der Waals surface area (Å²) >= 11 is 0. The smallest absolute Gasteiger partial charge is 0.243 e. The summed E-state index contributed by atoms with van der Waals surface area (Å²) < 4.78 is 35.1. The Morgan fingerprint density at radius 2 is 1.85 bits per heavy atom. The van der Waals surface area contributed by atoms with Gasteiger partial charge in [0.05, 0.1) is 29.1 Å². The molecule has 2 aromatic rings. The van der Waals surface area contributed by atoms with Crippen LogP contribution in [-0.2, 0) is 32.5 Å². The summed E-state index contributed by atoms with van der Waals surface area (Å²) in [5, 5.41) is 0. The van der Waals surface area contributed by atoms with Gasteiger partial charge in [0.2, 0.25) is 15.9 Å². The number of aryl methyl sites for hydroxylation is 2. The predicted molar refractivity (Wildman–Crippen MR) is 130 cm³/mol. The highest BCUT2D eigenvalue weighted by Crippen LogP contribution is 2.24. The molecule has 3 rings (SSSR count). The lowest BCUT2D eigenvalue weighted by molar-refractivity contribution is -0.131. The number of nitrogens with zero attached hydrogens (tertiary/aromatic N) is 4. The quantitative estimate of drug-likeness (QED) is 0.467. The van der Waals surface area contributed by atoms with Gasteiger partial charge < -0.3 is 14.2 Å². The lowest BCUT2D eigenvalue weighted by atomic mass is 10.2. The minimum absolute atomic E-state index is 0.149. The minimum atomic E-state index is -3.58. The molecular formula is C24H38N4O4S. The molecule has 1 fully saturated rings. The standard InChI is InChI=1S/C24H38N4O4S/c1-4-7-13-26(6-3)24(29)12-11-23-25-21-19-20(9-10-22(21)28(23)14-8-5-2)33(30,31)27-15-17-32-18-16-27/h9-10,19H,4-8,11-18H2,1-3H3. The molecule has 8 nitrogen and oxygen atoms in total. The molecule has 1 saturated heterocycles. The van der Waals surface area contributed by atoms with Crippen molar-refractivity contribution in [2.45, 2.75) is 70.7 Å². The molecule has 9 heteroatoms. The SMILES string of the molecule is CCCCN(CC)C(=O)CCc1nc2cc(S(=O)(=O)N3CCOCC3)ccc2n1CCCC. The van der Waals surface area contributed by atoms with E-state index in [1.54, 1.807) is 12.1 Å². The number of amides is 1. The molecule has 1 aliphatic heterocycles. The molecule has 1 aliphatic rings. The zero-order valence-corrected chi connectivity index (χ0v) is 21.1. The number of unbranched alkanes of at least 4 members (excludes halogenated alkanes) is 2. The second kappa shape index (κ2) is 11.9. The maximum Gasteiger partial charge on any atom is 0.243 e. The van der Waals surface area contributed by atoms with Crippen molar-refractivity contribution in [1.29, 1.82) is 0 Å². The molecule has 0 bridgehead atoms. The van der Waals surface area contributed by atoms with E-state index in [-0.39, 0.29) is 10.8 Å². The number of aromatic nitrogens is 2. The highest BCUT2D eigenvalue weighted by Gasteiger charge is 2.27. The van der Waals surface area contributed by atoms with Crippen molar-refractivity contribution >= 4 is 27.0 Å². The van der Waals surface area contributed by atoms with Crippen LogP contribution < -0.4 is 0 Å². The third kappa shape index (κ3) is 6.13. The molecule has 33 heavy (non-hydrogen) atoms. The van der Waals surface area contributed by atoms with E-state index in [9.17, 15) is 13.2 Å². The molecule has 0 radical (unpaired) electrons. The van der Waals surface area contributed by atoms with E-state index in [0.29, 0.717) is 51.2 Å². The molecule has 2 heterocycles. The van der Waals surface area contributed by atoms with E-state index in [4.69, 9.17) is 9.72 Å². The number of fused-ring (bicyclic) bond motifs is 1. The van der Waals surface area contributed by atoms with E-state index in [1.165, 1.54) is 4.31 Å². The molecule has 1 amide bonds. The van der Waals surface area contributed by atoms with Crippen LogP contribution in [0.25, 0.3) is 11.0 Å². The Hall–Kier alpha value is -1.97. The lowest BCUT2D eigenvalue weighted by Crippen LogP contribution is -2.40. The van der Waals surface area contributed by atoms with Gasteiger partial charge in [0.15, 0.2) is 0 Å². The van der Waals surface area contributed by atoms with E-state index in [1.807, 2.05) is 17.9 Å². The Balaban J connectivity index is 1.85. The van der Waals surface area contributed by atoms with Gasteiger partial charge in [-0.15, -0.1) is 0 Å². The van der Waals surface area contributed by atoms with Crippen LogP contribution in [0, 0.1) is 0 Å². The van der Waals surface area contributed by atoms with Crippen LogP contribution in [-0.4, -0.2) is 72.5 Å². The Labute approximate surface area is 198 Å². The van der Waals surface area contributed by atoms with Crippen molar-refractivity contribution in [2.75, 3.05) is 39.4 Å². The van der Waals surface area contributed by atoms with Crippen molar-refractivity contribution in [3.63, 3.8) is 0 Å². The molecule has 0 unspecified atom stereocenters. The molecular weight excluding hydrogens is 440 g/mol. The molecule has 1 aromatic carbocycles. The first-order chi connectivity index (χ1) is 15.9. The average Bonchev–Trinajstić information content (AvgIpc) is 3.19. The summed E-state index contributed by atoms with van der Waals surface area (Å²) in [7, 11) is -3.58. The number of ether oxygens (including phenoxy) is 1. The second-order valence-corrected chi connectivity index (χ2v) is 10.5. The first-order valence-corrected chi connectivity index (χ1v) is 13.7. The van der Waals surface area contributed by atoms with Gasteiger partial charge in [-0.25, -0.2) is 13.4 Å². The van der Waals surface area contributed by atoms with Crippen LogP contribution in [0.3, 0.4) is 0 Å². The summed E-state index contributed by atoms with van der Waals surface area (Å²) in [6.07, 6.45) is 5.07. The zero-order chi connectivity index (χ0) is 23.8. The summed E-state index contributed by atoms with van der Waals surface area (Å²) in [6, 6.07) is 5.21. The third-order valence-corrected chi connectivity index (χ3v) is 8.11. The van der Waals surface area contributed by atoms with Crippen molar-refractivity contribution in [3.8, 4) is 0 Å². The maximum absolute atomic E-state index is 13.1. The van der Waals surface area contributed by atoms with Crippen LogP contribution in [0.5, 0.6) is 0 Å². The van der Waals surface area contributed by atoms with Crippen molar-refractivity contribution in [2.24, 2.45) is 0 Å². The number of imidazole rings is 1. The summed E-state index contributed by atoms with van der Waals surface area (Å²) in [5.74, 6) is 0.995. The summed E-state index contributed by atoms with van der Waals surface area (Å²) in [4.78, 5) is 19.7. The molecule has 0 N–H and O–H groups in total. The molecule has 0 aliphatic carbocycles. The first kappa shape index (κ1) is 25.6. The van der Waals surface area contributed by atoms with E-state index >= 15 is 0 Å². The fraction of sp³-hybridized carbons (Fsp3) is 0.667. The molecule has 0 spiro atoms. The number of carbonyl (C=O) groups is 1. The van der Waals surface area contributed by atoms with Crippen molar-refractivity contribution in [3.05, 3.63) is 24.0 Å². The van der Waals surface area contributed by atoms with Gasteiger partial charge >= 0.3 is 0 Å². The topological polar surface area (TPSA) is 84.7 Å². The Kier molecular flexibility index (Phi) is 9.28. The Bertz CT molecular complexity index is 1030. The highest BCUT2D eigenvalue weighted by atomic mass is 32.2. The van der Waals surface area contributed by atoms with Crippen LogP contribution in [0.4, 0.5) is 0 Å². The van der Waals surface area contributed by atoms with Gasteiger partial charge in [0, 0.05) is 45.6 Å². The van der Waals surface area contributed by atoms with Crippen molar-refractivity contribution < 1.29 is 17.9 Å². The van der Waals surface area contributed by atoms with Crippen LogP contribution in [0.1, 0.15) is 58.7 Å². The monoisotopic (exact) mass is 478 g/mol. The lowest BCUT2D eigenvalue weighted by Gasteiger charge is -2.26. The Morgan fingerprint density at radius 1 is 1.12 bits per heavy atom. The van der Waals surface area contributed by atoms with Crippen LogP contribution >= 0.6 is 0 Å². The Morgan fingerprint density at radius 3 is 2.52 bits per heavy atom. The van der Waals surface area contributed by atoms with E-state index in [2.05, 4.69) is 18.4 Å².